The van der Waals surface area contributed by atoms with E-state index in [1.165, 1.54) is 11.1 Å². The lowest BCUT2D eigenvalue weighted by molar-refractivity contribution is 0.416. The Bertz CT molecular complexity index is 908. The Morgan fingerprint density at radius 2 is 1.69 bits per heavy atom. The summed E-state index contributed by atoms with van der Waals surface area (Å²) in [5, 5.41) is 6.73. The standard InChI is InChI=1S/C21H24N4O/c1-14-9-10-19(26-4)18(11-14)25-21-12-20(23-16(3)24-21)22-13-17-8-6-5-7-15(17)2/h5-12H,13H2,1-4H3,(H2,22,23,24,25). The van der Waals surface area contributed by atoms with E-state index < -0.39 is 0 Å². The molecule has 1 heterocycles. The number of hydrogen-bond donors (Lipinski definition) is 2. The molecule has 1 aromatic heterocycles. The fourth-order valence-corrected chi connectivity index (χ4v) is 2.77. The van der Waals surface area contributed by atoms with E-state index in [9.17, 15) is 0 Å². The average molecular weight is 348 g/mol. The van der Waals surface area contributed by atoms with E-state index in [1.54, 1.807) is 7.11 Å². The largest absolute Gasteiger partial charge is 0.495 e. The van der Waals surface area contributed by atoms with Crippen molar-refractivity contribution in [2.75, 3.05) is 17.7 Å². The van der Waals surface area contributed by atoms with Crippen LogP contribution in [0.4, 0.5) is 17.3 Å². The fraction of sp³-hybridized carbons (Fsp3) is 0.238. The zero-order valence-electron chi connectivity index (χ0n) is 15.6. The van der Waals surface area contributed by atoms with Crippen LogP contribution < -0.4 is 15.4 Å². The summed E-state index contributed by atoms with van der Waals surface area (Å²) in [6.07, 6.45) is 0. The van der Waals surface area contributed by atoms with Gasteiger partial charge in [-0.25, -0.2) is 9.97 Å². The molecule has 2 aromatic carbocycles. The highest BCUT2D eigenvalue weighted by molar-refractivity contribution is 5.66. The number of nitrogens with one attached hydrogen (secondary N) is 2. The minimum absolute atomic E-state index is 0.703. The van der Waals surface area contributed by atoms with Gasteiger partial charge in [-0.05, 0) is 49.6 Å². The summed E-state index contributed by atoms with van der Waals surface area (Å²) >= 11 is 0. The lowest BCUT2D eigenvalue weighted by atomic mass is 10.1. The van der Waals surface area contributed by atoms with Gasteiger partial charge in [0.25, 0.3) is 0 Å². The smallest absolute Gasteiger partial charge is 0.142 e. The molecule has 0 saturated heterocycles. The number of methoxy groups -OCH3 is 1. The predicted molar refractivity (Wildman–Crippen MR) is 106 cm³/mol. The quantitative estimate of drug-likeness (QED) is 0.672. The van der Waals surface area contributed by atoms with Crippen LogP contribution in [0.3, 0.4) is 0 Å². The predicted octanol–water partition coefficient (Wildman–Crippen LogP) is 4.77. The van der Waals surface area contributed by atoms with Crippen LogP contribution in [0.1, 0.15) is 22.5 Å². The number of aryl methyl sites for hydroxylation is 3. The Kier molecular flexibility index (Phi) is 5.37. The Morgan fingerprint density at radius 1 is 0.923 bits per heavy atom. The second kappa shape index (κ2) is 7.87. The van der Waals surface area contributed by atoms with Crippen LogP contribution in [0.15, 0.2) is 48.5 Å². The van der Waals surface area contributed by atoms with E-state index in [0.717, 1.165) is 35.2 Å². The van der Waals surface area contributed by atoms with Crippen molar-refractivity contribution in [2.45, 2.75) is 27.3 Å². The summed E-state index contributed by atoms with van der Waals surface area (Å²) in [5.41, 5.74) is 4.54. The molecule has 134 valence electrons. The Hall–Kier alpha value is -3.08. The maximum absolute atomic E-state index is 5.43. The molecule has 0 aliphatic rings. The molecule has 0 fully saturated rings. The summed E-state index contributed by atoms with van der Waals surface area (Å²) in [6.45, 7) is 6.76. The third-order valence-electron chi connectivity index (χ3n) is 4.18. The molecule has 2 N–H and O–H groups in total. The monoisotopic (exact) mass is 348 g/mol. The number of rotatable bonds is 6. The Balaban J connectivity index is 1.80. The third kappa shape index (κ3) is 4.30. The molecule has 0 spiro atoms. The van der Waals surface area contributed by atoms with Crippen LogP contribution in [0.25, 0.3) is 0 Å². The number of aromatic nitrogens is 2. The topological polar surface area (TPSA) is 59.1 Å². The van der Waals surface area contributed by atoms with E-state index >= 15 is 0 Å². The molecule has 0 aliphatic heterocycles. The molecule has 26 heavy (non-hydrogen) atoms. The van der Waals surface area contributed by atoms with Crippen molar-refractivity contribution in [1.29, 1.82) is 0 Å². The van der Waals surface area contributed by atoms with Crippen LogP contribution in [0, 0.1) is 20.8 Å². The second-order valence-corrected chi connectivity index (χ2v) is 6.29. The number of nitrogens with zero attached hydrogens (tertiary/aromatic N) is 2. The first kappa shape index (κ1) is 17.7. The highest BCUT2D eigenvalue weighted by atomic mass is 16.5. The van der Waals surface area contributed by atoms with Gasteiger partial charge in [-0.3, -0.25) is 0 Å². The summed E-state index contributed by atoms with van der Waals surface area (Å²) in [6, 6.07) is 16.2. The zero-order valence-corrected chi connectivity index (χ0v) is 15.6. The van der Waals surface area contributed by atoms with Crippen molar-refractivity contribution < 1.29 is 4.74 Å². The van der Waals surface area contributed by atoms with Gasteiger partial charge >= 0.3 is 0 Å². The van der Waals surface area contributed by atoms with Gasteiger partial charge in [-0.15, -0.1) is 0 Å². The van der Waals surface area contributed by atoms with Crippen LogP contribution >= 0.6 is 0 Å². The lowest BCUT2D eigenvalue weighted by Crippen LogP contribution is -2.06. The van der Waals surface area contributed by atoms with Crippen LogP contribution in [-0.2, 0) is 6.54 Å². The van der Waals surface area contributed by atoms with Crippen molar-refractivity contribution in [3.8, 4) is 5.75 Å². The molecule has 0 bridgehead atoms. The molecule has 0 unspecified atom stereocenters. The molecule has 3 aromatic rings. The SMILES string of the molecule is COc1ccc(C)cc1Nc1cc(NCc2ccccc2C)nc(C)n1. The first-order chi connectivity index (χ1) is 12.5. The molecule has 0 radical (unpaired) electrons. The van der Waals surface area contributed by atoms with Gasteiger partial charge in [-0.2, -0.15) is 0 Å². The first-order valence-corrected chi connectivity index (χ1v) is 8.61. The summed E-state index contributed by atoms with van der Waals surface area (Å²) < 4.78 is 5.43. The normalized spacial score (nSPS) is 10.5. The van der Waals surface area contributed by atoms with Crippen LogP contribution in [0.2, 0.25) is 0 Å². The highest BCUT2D eigenvalue weighted by Crippen LogP contribution is 2.28. The van der Waals surface area contributed by atoms with Gasteiger partial charge in [0.1, 0.15) is 23.2 Å². The van der Waals surface area contributed by atoms with E-state index in [2.05, 4.69) is 39.7 Å². The number of anilines is 3. The lowest BCUT2D eigenvalue weighted by Gasteiger charge is -2.13. The van der Waals surface area contributed by atoms with Crippen molar-refractivity contribution in [3.05, 3.63) is 71.0 Å². The number of ether oxygens (including phenoxy) is 1. The fourth-order valence-electron chi connectivity index (χ4n) is 2.77. The third-order valence-corrected chi connectivity index (χ3v) is 4.18. The van der Waals surface area contributed by atoms with Gasteiger partial charge in [0.15, 0.2) is 0 Å². The van der Waals surface area contributed by atoms with E-state index in [0.29, 0.717) is 5.82 Å². The van der Waals surface area contributed by atoms with Gasteiger partial charge in [0.05, 0.1) is 12.8 Å². The van der Waals surface area contributed by atoms with Crippen molar-refractivity contribution >= 4 is 17.3 Å². The molecular formula is C21H24N4O. The maximum Gasteiger partial charge on any atom is 0.142 e. The minimum Gasteiger partial charge on any atom is -0.495 e. The second-order valence-electron chi connectivity index (χ2n) is 6.29. The van der Waals surface area contributed by atoms with Gasteiger partial charge in [-0.1, -0.05) is 30.3 Å². The van der Waals surface area contributed by atoms with Crippen molar-refractivity contribution in [3.63, 3.8) is 0 Å². The number of hydrogen-bond acceptors (Lipinski definition) is 5. The summed E-state index contributed by atoms with van der Waals surface area (Å²) in [7, 11) is 1.66. The minimum atomic E-state index is 0.703. The molecule has 3 rings (SSSR count). The van der Waals surface area contributed by atoms with Gasteiger partial charge < -0.3 is 15.4 Å². The van der Waals surface area contributed by atoms with E-state index in [4.69, 9.17) is 4.74 Å². The molecule has 0 aliphatic carbocycles. The average Bonchev–Trinajstić information content (AvgIpc) is 2.61. The van der Waals surface area contributed by atoms with Gasteiger partial charge in [0, 0.05) is 12.6 Å². The van der Waals surface area contributed by atoms with Crippen molar-refractivity contribution in [2.24, 2.45) is 0 Å². The summed E-state index contributed by atoms with van der Waals surface area (Å²) in [4.78, 5) is 8.98. The first-order valence-electron chi connectivity index (χ1n) is 8.61. The summed E-state index contributed by atoms with van der Waals surface area (Å²) in [5.74, 6) is 3.00. The Labute approximate surface area is 154 Å². The highest BCUT2D eigenvalue weighted by Gasteiger charge is 2.07. The molecule has 5 heteroatoms. The zero-order chi connectivity index (χ0) is 18.5. The Morgan fingerprint density at radius 3 is 2.46 bits per heavy atom. The number of benzene rings is 2. The molecule has 0 amide bonds. The van der Waals surface area contributed by atoms with Crippen LogP contribution in [-0.4, -0.2) is 17.1 Å². The molecule has 5 nitrogen and oxygen atoms in total. The van der Waals surface area contributed by atoms with E-state index in [1.807, 2.05) is 50.2 Å². The molecular weight excluding hydrogens is 324 g/mol. The van der Waals surface area contributed by atoms with Gasteiger partial charge in [0.2, 0.25) is 0 Å². The van der Waals surface area contributed by atoms with Crippen LogP contribution in [0.5, 0.6) is 5.75 Å². The maximum atomic E-state index is 5.43. The van der Waals surface area contributed by atoms with E-state index in [-0.39, 0.29) is 0 Å². The molecule has 0 saturated carbocycles. The van der Waals surface area contributed by atoms with Crippen molar-refractivity contribution in [1.82, 2.24) is 9.97 Å². The molecule has 0 atom stereocenters.